The van der Waals surface area contributed by atoms with E-state index in [1.807, 2.05) is 13.8 Å². The Balaban J connectivity index is 2.11. The van der Waals surface area contributed by atoms with Crippen molar-refractivity contribution in [3.63, 3.8) is 0 Å². The molecular weight excluding hydrogens is 162 g/mol. The molecule has 1 saturated carbocycles. The molecule has 1 spiro atoms. The maximum Gasteiger partial charge on any atom is 0.152 e. The molecule has 1 heterocycles. The van der Waals surface area contributed by atoms with Gasteiger partial charge in [-0.25, -0.2) is 0 Å². The summed E-state index contributed by atoms with van der Waals surface area (Å²) in [5.74, 6) is 1.36. The molecule has 1 N–H and O–H groups in total. The quantitative estimate of drug-likeness (QED) is 0.701. The Labute approximate surface area is 80.1 Å². The molecule has 2 rings (SSSR count). The molecule has 74 valence electrons. The van der Waals surface area contributed by atoms with Crippen molar-refractivity contribution in [2.45, 2.75) is 39.7 Å². The number of nitrogens with one attached hydrogen (secondary N) is 1. The number of hydrogen-bond donors (Lipinski definition) is 1. The van der Waals surface area contributed by atoms with Crippen molar-refractivity contribution in [2.75, 3.05) is 6.54 Å². The van der Waals surface area contributed by atoms with E-state index >= 15 is 0 Å². The monoisotopic (exact) mass is 181 g/mol. The van der Waals surface area contributed by atoms with Crippen molar-refractivity contribution in [3.05, 3.63) is 0 Å². The Kier molecular flexibility index (Phi) is 1.99. The molecule has 0 aromatic heterocycles. The molecule has 3 atom stereocenters. The summed E-state index contributed by atoms with van der Waals surface area (Å²) in [6, 6.07) is 0.169. The lowest BCUT2D eigenvalue weighted by molar-refractivity contribution is -0.124. The van der Waals surface area contributed by atoms with E-state index in [0.717, 1.165) is 12.5 Å². The fraction of sp³-hybridized carbons (Fsp3) is 0.909. The third kappa shape index (κ3) is 1.23. The molecule has 2 fully saturated rings. The van der Waals surface area contributed by atoms with Gasteiger partial charge >= 0.3 is 0 Å². The normalized spacial score (nSPS) is 43.1. The smallest absolute Gasteiger partial charge is 0.152 e. The van der Waals surface area contributed by atoms with Gasteiger partial charge in [0, 0.05) is 5.92 Å². The molecule has 0 bridgehead atoms. The van der Waals surface area contributed by atoms with E-state index < -0.39 is 0 Å². The van der Waals surface area contributed by atoms with Crippen LogP contribution in [0.4, 0.5) is 0 Å². The lowest BCUT2D eigenvalue weighted by atomic mass is 9.87. The number of carbonyl (C=O) groups excluding carboxylic acids is 1. The second-order valence-electron chi connectivity index (χ2n) is 5.03. The number of ketones is 1. The third-order valence-corrected chi connectivity index (χ3v) is 3.87. The first-order chi connectivity index (χ1) is 6.08. The Morgan fingerprint density at radius 2 is 2.15 bits per heavy atom. The first-order valence-electron chi connectivity index (χ1n) is 5.35. The van der Waals surface area contributed by atoms with Crippen molar-refractivity contribution in [1.82, 2.24) is 5.32 Å². The lowest BCUT2D eigenvalue weighted by Crippen LogP contribution is -2.39. The van der Waals surface area contributed by atoms with Gasteiger partial charge < -0.3 is 5.32 Å². The zero-order chi connectivity index (χ0) is 9.64. The number of carbonyl (C=O) groups is 1. The fourth-order valence-corrected chi connectivity index (χ4v) is 2.78. The maximum absolute atomic E-state index is 11.9. The van der Waals surface area contributed by atoms with Crippen molar-refractivity contribution in [1.29, 1.82) is 0 Å². The highest BCUT2D eigenvalue weighted by molar-refractivity contribution is 5.87. The minimum atomic E-state index is 0.169. The van der Waals surface area contributed by atoms with Gasteiger partial charge in [-0.15, -0.1) is 0 Å². The molecule has 1 aliphatic heterocycles. The van der Waals surface area contributed by atoms with E-state index in [1.165, 1.54) is 12.8 Å². The van der Waals surface area contributed by atoms with Gasteiger partial charge in [0.05, 0.1) is 6.04 Å². The van der Waals surface area contributed by atoms with Crippen LogP contribution in [0.1, 0.15) is 33.6 Å². The molecule has 0 aromatic rings. The van der Waals surface area contributed by atoms with Crippen LogP contribution in [-0.4, -0.2) is 18.4 Å². The van der Waals surface area contributed by atoms with Crippen molar-refractivity contribution in [3.8, 4) is 0 Å². The lowest BCUT2D eigenvalue weighted by Gasteiger charge is -2.20. The van der Waals surface area contributed by atoms with Gasteiger partial charge in [-0.2, -0.15) is 0 Å². The standard InChI is InChI=1S/C11H19NO/c1-7(2)9(13)10-11(4-5-12-10)6-8(11)3/h7-8,10,12H,4-6H2,1-3H3/t8-,10-,11?/m1/s1. The highest BCUT2D eigenvalue weighted by Gasteiger charge is 2.60. The highest BCUT2D eigenvalue weighted by Crippen LogP contribution is 2.59. The van der Waals surface area contributed by atoms with Crippen LogP contribution in [0.25, 0.3) is 0 Å². The summed E-state index contributed by atoms with van der Waals surface area (Å²) in [5.41, 5.74) is 0.362. The zero-order valence-corrected chi connectivity index (χ0v) is 8.76. The van der Waals surface area contributed by atoms with Gasteiger partial charge in [-0.3, -0.25) is 4.79 Å². The van der Waals surface area contributed by atoms with Crippen LogP contribution >= 0.6 is 0 Å². The minimum Gasteiger partial charge on any atom is -0.307 e. The zero-order valence-electron chi connectivity index (χ0n) is 8.76. The summed E-state index contributed by atoms with van der Waals surface area (Å²) in [6.45, 7) is 7.31. The van der Waals surface area contributed by atoms with Crippen molar-refractivity contribution in [2.24, 2.45) is 17.3 Å². The summed E-state index contributed by atoms with van der Waals surface area (Å²) < 4.78 is 0. The molecule has 1 saturated heterocycles. The van der Waals surface area contributed by atoms with Crippen LogP contribution in [0.2, 0.25) is 0 Å². The molecule has 13 heavy (non-hydrogen) atoms. The van der Waals surface area contributed by atoms with E-state index in [4.69, 9.17) is 0 Å². The number of rotatable bonds is 2. The summed E-state index contributed by atoms with van der Waals surface area (Å²) >= 11 is 0. The Hall–Kier alpha value is -0.370. The molecule has 1 unspecified atom stereocenters. The van der Waals surface area contributed by atoms with Crippen molar-refractivity contribution >= 4 is 5.78 Å². The van der Waals surface area contributed by atoms with Gasteiger partial charge in [0.25, 0.3) is 0 Å². The number of hydrogen-bond acceptors (Lipinski definition) is 2. The van der Waals surface area contributed by atoms with Crippen LogP contribution < -0.4 is 5.32 Å². The first-order valence-corrected chi connectivity index (χ1v) is 5.35. The molecule has 0 amide bonds. The van der Waals surface area contributed by atoms with Crippen LogP contribution in [-0.2, 0) is 4.79 Å². The topological polar surface area (TPSA) is 29.1 Å². The largest absolute Gasteiger partial charge is 0.307 e. The van der Waals surface area contributed by atoms with E-state index in [-0.39, 0.29) is 12.0 Å². The SMILES string of the molecule is CC(C)C(=O)[C@H]1NCCC12C[C@H]2C. The molecule has 2 nitrogen and oxygen atoms in total. The van der Waals surface area contributed by atoms with E-state index in [0.29, 0.717) is 11.2 Å². The van der Waals surface area contributed by atoms with E-state index in [2.05, 4.69) is 12.2 Å². The Morgan fingerprint density at radius 1 is 1.54 bits per heavy atom. The highest BCUT2D eigenvalue weighted by atomic mass is 16.1. The Morgan fingerprint density at radius 3 is 2.62 bits per heavy atom. The molecule has 1 aliphatic carbocycles. The molecule has 0 aromatic carbocycles. The first kappa shape index (κ1) is 9.20. The van der Waals surface area contributed by atoms with Crippen LogP contribution in [0, 0.1) is 17.3 Å². The maximum atomic E-state index is 11.9. The molecule has 0 radical (unpaired) electrons. The average Bonchev–Trinajstić information content (AvgIpc) is 2.55. The summed E-state index contributed by atoms with van der Waals surface area (Å²) in [7, 11) is 0. The third-order valence-electron chi connectivity index (χ3n) is 3.87. The van der Waals surface area contributed by atoms with Crippen LogP contribution in [0.3, 0.4) is 0 Å². The van der Waals surface area contributed by atoms with E-state index in [9.17, 15) is 4.79 Å². The van der Waals surface area contributed by atoms with Crippen molar-refractivity contribution < 1.29 is 4.79 Å². The van der Waals surface area contributed by atoms with Gasteiger partial charge in [0.2, 0.25) is 0 Å². The summed E-state index contributed by atoms with van der Waals surface area (Å²) in [5, 5.41) is 3.37. The van der Waals surface area contributed by atoms with Gasteiger partial charge in [-0.1, -0.05) is 20.8 Å². The van der Waals surface area contributed by atoms with E-state index in [1.54, 1.807) is 0 Å². The predicted molar refractivity (Wildman–Crippen MR) is 52.5 cm³/mol. The predicted octanol–water partition coefficient (Wildman–Crippen LogP) is 1.60. The van der Waals surface area contributed by atoms with Gasteiger partial charge in [0.15, 0.2) is 5.78 Å². The second-order valence-corrected chi connectivity index (χ2v) is 5.03. The average molecular weight is 181 g/mol. The van der Waals surface area contributed by atoms with Gasteiger partial charge in [0.1, 0.15) is 0 Å². The number of Topliss-reactive ketones (excluding diaryl/α,β-unsaturated/α-hetero) is 1. The van der Waals surface area contributed by atoms with Gasteiger partial charge in [-0.05, 0) is 30.7 Å². The molecule has 2 aliphatic rings. The molecule has 2 heteroatoms. The second kappa shape index (κ2) is 2.81. The Bertz CT molecular complexity index is 236. The summed E-state index contributed by atoms with van der Waals surface area (Å²) in [4.78, 5) is 11.9. The fourth-order valence-electron chi connectivity index (χ4n) is 2.78. The van der Waals surface area contributed by atoms with Crippen LogP contribution in [0.5, 0.6) is 0 Å². The molecular formula is C11H19NO. The summed E-state index contributed by atoms with van der Waals surface area (Å²) in [6.07, 6.45) is 2.46. The van der Waals surface area contributed by atoms with Crippen LogP contribution in [0.15, 0.2) is 0 Å². The minimum absolute atomic E-state index is 0.169.